The Morgan fingerprint density at radius 3 is 2.43 bits per heavy atom. The fourth-order valence-electron chi connectivity index (χ4n) is 0.850. The maximum Gasteiger partial charge on any atom is 0.238 e. The molecule has 1 rings (SSSR count). The van der Waals surface area contributed by atoms with E-state index in [0.29, 0.717) is 4.47 Å². The molecule has 0 bridgehead atoms. The first-order chi connectivity index (χ1) is 6.36. The molecule has 0 atom stereocenters. The fraction of sp³-hybridized carbons (Fsp3) is 0. The van der Waals surface area contributed by atoms with E-state index in [0.717, 1.165) is 6.07 Å². The molecule has 14 heavy (non-hydrogen) atoms. The number of nitriles is 1. The molecule has 0 aliphatic carbocycles. The van der Waals surface area contributed by atoms with Crippen LogP contribution >= 0.6 is 15.9 Å². The number of nitrogen functional groups attached to an aromatic ring is 1. The number of nitrogens with zero attached hydrogens (tertiary/aromatic N) is 1. The monoisotopic (exact) mass is 275 g/mol. The van der Waals surface area contributed by atoms with Crippen molar-refractivity contribution < 1.29 is 8.42 Å². The van der Waals surface area contributed by atoms with E-state index < -0.39 is 10.0 Å². The molecule has 0 saturated carbocycles. The summed E-state index contributed by atoms with van der Waals surface area (Å²) in [5, 5.41) is 13.5. The van der Waals surface area contributed by atoms with Crippen LogP contribution in [0.2, 0.25) is 0 Å². The largest absolute Gasteiger partial charge is 0.397 e. The van der Waals surface area contributed by atoms with E-state index in [1.807, 2.05) is 0 Å². The third-order valence-electron chi connectivity index (χ3n) is 1.55. The fourth-order valence-corrected chi connectivity index (χ4v) is 2.03. The van der Waals surface area contributed by atoms with E-state index in [2.05, 4.69) is 15.9 Å². The normalized spacial score (nSPS) is 10.9. The maximum absolute atomic E-state index is 11.0. The van der Waals surface area contributed by atoms with Crippen molar-refractivity contribution in [1.82, 2.24) is 0 Å². The van der Waals surface area contributed by atoms with Gasteiger partial charge < -0.3 is 5.73 Å². The van der Waals surface area contributed by atoms with Crippen LogP contribution in [-0.2, 0) is 10.0 Å². The van der Waals surface area contributed by atoms with Gasteiger partial charge in [0.25, 0.3) is 0 Å². The van der Waals surface area contributed by atoms with E-state index in [-0.39, 0.29) is 16.1 Å². The SMILES string of the molecule is N#Cc1cc(S(N)(=O)=O)cc(Br)c1N. The van der Waals surface area contributed by atoms with Gasteiger partial charge >= 0.3 is 0 Å². The molecule has 0 aliphatic rings. The molecule has 0 aliphatic heterocycles. The Hall–Kier alpha value is -1.10. The summed E-state index contributed by atoms with van der Waals surface area (Å²) in [6.45, 7) is 0. The lowest BCUT2D eigenvalue weighted by Gasteiger charge is -2.03. The summed E-state index contributed by atoms with van der Waals surface area (Å²) in [5.41, 5.74) is 5.77. The van der Waals surface area contributed by atoms with Gasteiger partial charge in [-0.1, -0.05) is 0 Å². The first-order valence-corrected chi connectivity index (χ1v) is 5.72. The van der Waals surface area contributed by atoms with Gasteiger partial charge in [-0.05, 0) is 28.1 Å². The molecule has 0 amide bonds. The molecule has 0 unspecified atom stereocenters. The highest BCUT2D eigenvalue weighted by Gasteiger charge is 2.13. The van der Waals surface area contributed by atoms with E-state index in [9.17, 15) is 8.42 Å². The number of rotatable bonds is 1. The van der Waals surface area contributed by atoms with Crippen molar-refractivity contribution in [1.29, 1.82) is 5.26 Å². The van der Waals surface area contributed by atoms with Crippen LogP contribution in [0.5, 0.6) is 0 Å². The molecule has 4 N–H and O–H groups in total. The van der Waals surface area contributed by atoms with Crippen LogP contribution in [0, 0.1) is 11.3 Å². The number of anilines is 1. The van der Waals surface area contributed by atoms with E-state index in [4.69, 9.17) is 16.1 Å². The van der Waals surface area contributed by atoms with Crippen molar-refractivity contribution in [3.05, 3.63) is 22.2 Å². The number of hydrogen-bond acceptors (Lipinski definition) is 4. The van der Waals surface area contributed by atoms with E-state index >= 15 is 0 Å². The second-order valence-corrected chi connectivity index (χ2v) is 4.94. The molecule has 0 heterocycles. The minimum Gasteiger partial charge on any atom is -0.397 e. The van der Waals surface area contributed by atoms with Crippen molar-refractivity contribution in [3.63, 3.8) is 0 Å². The number of primary sulfonamides is 1. The Balaban J connectivity index is 3.56. The molecule has 7 heteroatoms. The zero-order chi connectivity index (χ0) is 10.9. The summed E-state index contributed by atoms with van der Waals surface area (Å²) in [7, 11) is -3.81. The Labute approximate surface area is 89.5 Å². The summed E-state index contributed by atoms with van der Waals surface area (Å²) >= 11 is 3.03. The molecule has 0 radical (unpaired) electrons. The first-order valence-electron chi connectivity index (χ1n) is 3.38. The van der Waals surface area contributed by atoms with Crippen molar-refractivity contribution in [3.8, 4) is 6.07 Å². The number of benzene rings is 1. The molecular formula is C7H6BrN3O2S. The van der Waals surface area contributed by atoms with Crippen LogP contribution in [0.4, 0.5) is 5.69 Å². The lowest BCUT2D eigenvalue weighted by Crippen LogP contribution is -2.12. The predicted octanol–water partition coefficient (Wildman–Crippen LogP) is 0.550. The predicted molar refractivity (Wildman–Crippen MR) is 54.6 cm³/mol. The summed E-state index contributed by atoms with van der Waals surface area (Å²) in [4.78, 5) is -0.143. The molecule has 0 spiro atoms. The Kier molecular flexibility index (Phi) is 2.80. The first kappa shape index (κ1) is 11.0. The van der Waals surface area contributed by atoms with Crippen molar-refractivity contribution >= 4 is 31.6 Å². The van der Waals surface area contributed by atoms with Crippen LogP contribution in [0.3, 0.4) is 0 Å². The Morgan fingerprint density at radius 1 is 1.43 bits per heavy atom. The molecule has 5 nitrogen and oxygen atoms in total. The Morgan fingerprint density at radius 2 is 2.00 bits per heavy atom. The highest BCUT2D eigenvalue weighted by atomic mass is 79.9. The molecule has 0 fully saturated rings. The van der Waals surface area contributed by atoms with Crippen molar-refractivity contribution in [2.24, 2.45) is 5.14 Å². The molecule has 1 aromatic carbocycles. The van der Waals surface area contributed by atoms with Gasteiger partial charge in [0.2, 0.25) is 10.0 Å². The third-order valence-corrected chi connectivity index (χ3v) is 3.10. The molecular weight excluding hydrogens is 270 g/mol. The van der Waals surface area contributed by atoms with Gasteiger partial charge in [-0.25, -0.2) is 13.6 Å². The van der Waals surface area contributed by atoms with Crippen molar-refractivity contribution in [2.75, 3.05) is 5.73 Å². The van der Waals surface area contributed by atoms with Crippen LogP contribution in [0.25, 0.3) is 0 Å². The average Bonchev–Trinajstić information content (AvgIpc) is 2.07. The zero-order valence-electron chi connectivity index (χ0n) is 6.86. The Bertz CT molecular complexity index is 518. The minimum absolute atomic E-state index is 0.0726. The minimum atomic E-state index is -3.81. The van der Waals surface area contributed by atoms with Crippen LogP contribution in [-0.4, -0.2) is 8.42 Å². The highest BCUT2D eigenvalue weighted by Crippen LogP contribution is 2.26. The second-order valence-electron chi connectivity index (χ2n) is 2.52. The van der Waals surface area contributed by atoms with Gasteiger partial charge in [0, 0.05) is 4.47 Å². The molecule has 74 valence electrons. The van der Waals surface area contributed by atoms with Crippen LogP contribution < -0.4 is 10.9 Å². The van der Waals surface area contributed by atoms with Gasteiger partial charge in [-0.2, -0.15) is 5.26 Å². The number of halogens is 1. The number of nitrogens with two attached hydrogens (primary N) is 2. The third kappa shape index (κ3) is 2.04. The van der Waals surface area contributed by atoms with Gasteiger partial charge in [0.15, 0.2) is 0 Å². The van der Waals surface area contributed by atoms with Crippen molar-refractivity contribution in [2.45, 2.75) is 4.90 Å². The smallest absolute Gasteiger partial charge is 0.238 e. The summed E-state index contributed by atoms with van der Waals surface area (Å²) in [6, 6.07) is 4.16. The lowest BCUT2D eigenvalue weighted by atomic mass is 10.2. The van der Waals surface area contributed by atoms with Gasteiger partial charge in [-0.15, -0.1) is 0 Å². The van der Waals surface area contributed by atoms with Gasteiger partial charge in [0.05, 0.1) is 16.1 Å². The molecule has 1 aromatic rings. The van der Waals surface area contributed by atoms with Crippen LogP contribution in [0.15, 0.2) is 21.5 Å². The summed E-state index contributed by atoms with van der Waals surface area (Å²) in [5.74, 6) is 0. The van der Waals surface area contributed by atoms with Gasteiger partial charge in [-0.3, -0.25) is 0 Å². The number of hydrogen-bond donors (Lipinski definition) is 2. The molecule has 0 saturated heterocycles. The maximum atomic E-state index is 11.0. The quantitative estimate of drug-likeness (QED) is 0.729. The zero-order valence-corrected chi connectivity index (χ0v) is 9.26. The van der Waals surface area contributed by atoms with E-state index in [1.165, 1.54) is 6.07 Å². The summed E-state index contributed by atoms with van der Waals surface area (Å²) < 4.78 is 22.3. The molecule has 0 aromatic heterocycles. The lowest BCUT2D eigenvalue weighted by molar-refractivity contribution is 0.597. The summed E-state index contributed by atoms with van der Waals surface area (Å²) in [6.07, 6.45) is 0. The van der Waals surface area contributed by atoms with Crippen LogP contribution in [0.1, 0.15) is 5.56 Å². The average molecular weight is 276 g/mol. The van der Waals surface area contributed by atoms with E-state index in [1.54, 1.807) is 6.07 Å². The number of sulfonamides is 1. The van der Waals surface area contributed by atoms with Gasteiger partial charge in [0.1, 0.15) is 6.07 Å². The highest BCUT2D eigenvalue weighted by molar-refractivity contribution is 9.10. The topological polar surface area (TPSA) is 110 Å². The second kappa shape index (κ2) is 3.57. The standard InChI is InChI=1S/C7H6BrN3O2S/c8-6-2-5(14(11,12)13)1-4(3-9)7(6)10/h1-2H,10H2,(H2,11,12,13).